The van der Waals surface area contributed by atoms with Crippen LogP contribution in [0.4, 0.5) is 20.2 Å². The highest BCUT2D eigenvalue weighted by Crippen LogP contribution is 2.21. The predicted octanol–water partition coefficient (Wildman–Crippen LogP) is 3.20. The molecule has 112 valence electrons. The molecule has 4 nitrogen and oxygen atoms in total. The fraction of sp³-hybridized carbons (Fsp3) is 0.143. The highest BCUT2D eigenvalue weighted by molar-refractivity contribution is 7.92. The van der Waals surface area contributed by atoms with Crippen molar-refractivity contribution in [2.75, 3.05) is 16.6 Å². The van der Waals surface area contributed by atoms with Crippen LogP contribution in [-0.2, 0) is 10.0 Å². The van der Waals surface area contributed by atoms with Crippen LogP contribution in [0.15, 0.2) is 47.4 Å². The first kappa shape index (κ1) is 15.2. The van der Waals surface area contributed by atoms with Gasteiger partial charge in [-0.3, -0.25) is 4.72 Å². The first-order valence-corrected chi connectivity index (χ1v) is 7.72. The molecule has 0 saturated carbocycles. The summed E-state index contributed by atoms with van der Waals surface area (Å²) in [5.74, 6) is -1.74. The van der Waals surface area contributed by atoms with E-state index in [0.29, 0.717) is 12.6 Å². The van der Waals surface area contributed by atoms with Crippen molar-refractivity contribution in [3.05, 3.63) is 54.1 Å². The van der Waals surface area contributed by atoms with Crippen molar-refractivity contribution in [1.82, 2.24) is 0 Å². The summed E-state index contributed by atoms with van der Waals surface area (Å²) in [5, 5.41) is 3.03. The van der Waals surface area contributed by atoms with Gasteiger partial charge in [-0.05, 0) is 43.3 Å². The standard InChI is InChI=1S/C14H14F2N2O2S/c1-2-17-11-4-6-12(7-5-11)21(19,20)18-14-8-3-10(15)9-13(14)16/h3-9,17-18H,2H2,1H3. The number of sulfonamides is 1. The average molecular weight is 312 g/mol. The highest BCUT2D eigenvalue weighted by atomic mass is 32.2. The minimum absolute atomic E-state index is 0.00659. The van der Waals surface area contributed by atoms with Crippen molar-refractivity contribution >= 4 is 21.4 Å². The topological polar surface area (TPSA) is 58.2 Å². The Morgan fingerprint density at radius 3 is 2.29 bits per heavy atom. The Kier molecular flexibility index (Phi) is 4.42. The molecule has 0 fully saturated rings. The molecule has 0 radical (unpaired) electrons. The van der Waals surface area contributed by atoms with Crippen LogP contribution < -0.4 is 10.0 Å². The smallest absolute Gasteiger partial charge is 0.261 e. The van der Waals surface area contributed by atoms with E-state index in [4.69, 9.17) is 0 Å². The minimum atomic E-state index is -3.92. The second kappa shape index (κ2) is 6.09. The lowest BCUT2D eigenvalue weighted by Gasteiger charge is -2.10. The zero-order valence-corrected chi connectivity index (χ0v) is 12.0. The van der Waals surface area contributed by atoms with Crippen LogP contribution in [0, 0.1) is 11.6 Å². The van der Waals surface area contributed by atoms with Gasteiger partial charge in [-0.1, -0.05) is 0 Å². The van der Waals surface area contributed by atoms with Crippen molar-refractivity contribution in [2.45, 2.75) is 11.8 Å². The van der Waals surface area contributed by atoms with Gasteiger partial charge in [-0.2, -0.15) is 0 Å². The fourth-order valence-corrected chi connectivity index (χ4v) is 2.80. The average Bonchev–Trinajstić information content (AvgIpc) is 2.43. The lowest BCUT2D eigenvalue weighted by atomic mass is 10.3. The summed E-state index contributed by atoms with van der Waals surface area (Å²) in [6, 6.07) is 8.66. The van der Waals surface area contributed by atoms with Crippen LogP contribution in [0.3, 0.4) is 0 Å². The minimum Gasteiger partial charge on any atom is -0.385 e. The zero-order chi connectivity index (χ0) is 15.5. The summed E-state index contributed by atoms with van der Waals surface area (Å²) in [6.07, 6.45) is 0. The molecule has 0 spiro atoms. The highest BCUT2D eigenvalue weighted by Gasteiger charge is 2.16. The molecule has 0 amide bonds. The van der Waals surface area contributed by atoms with Gasteiger partial charge in [-0.25, -0.2) is 17.2 Å². The molecule has 2 aromatic rings. The van der Waals surface area contributed by atoms with Crippen molar-refractivity contribution in [1.29, 1.82) is 0 Å². The summed E-state index contributed by atoms with van der Waals surface area (Å²) in [4.78, 5) is -0.00659. The van der Waals surface area contributed by atoms with E-state index in [1.165, 1.54) is 12.1 Å². The SMILES string of the molecule is CCNc1ccc(S(=O)(=O)Nc2ccc(F)cc2F)cc1. The number of rotatable bonds is 5. The fourth-order valence-electron chi connectivity index (χ4n) is 1.73. The normalized spacial score (nSPS) is 11.2. The molecule has 0 aromatic heterocycles. The van der Waals surface area contributed by atoms with E-state index in [-0.39, 0.29) is 10.6 Å². The lowest BCUT2D eigenvalue weighted by Crippen LogP contribution is -2.14. The van der Waals surface area contributed by atoms with Crippen molar-refractivity contribution < 1.29 is 17.2 Å². The summed E-state index contributed by atoms with van der Waals surface area (Å²) in [5.41, 5.74) is 0.483. The maximum Gasteiger partial charge on any atom is 0.261 e. The van der Waals surface area contributed by atoms with E-state index in [2.05, 4.69) is 10.0 Å². The van der Waals surface area contributed by atoms with Crippen LogP contribution in [0.1, 0.15) is 6.92 Å². The second-order valence-corrected chi connectivity index (χ2v) is 5.97. The Bertz CT molecular complexity index is 731. The largest absolute Gasteiger partial charge is 0.385 e. The second-order valence-electron chi connectivity index (χ2n) is 4.28. The Balaban J connectivity index is 2.25. The Hall–Kier alpha value is -2.15. The molecule has 0 unspecified atom stereocenters. The van der Waals surface area contributed by atoms with E-state index < -0.39 is 21.7 Å². The molecule has 2 N–H and O–H groups in total. The molecule has 2 aromatic carbocycles. The number of hydrogen-bond acceptors (Lipinski definition) is 3. The van der Waals surface area contributed by atoms with E-state index in [1.54, 1.807) is 12.1 Å². The molecule has 2 rings (SSSR count). The molecular formula is C14H14F2N2O2S. The van der Waals surface area contributed by atoms with E-state index in [9.17, 15) is 17.2 Å². The van der Waals surface area contributed by atoms with E-state index in [1.807, 2.05) is 6.92 Å². The van der Waals surface area contributed by atoms with Crippen LogP contribution in [0.5, 0.6) is 0 Å². The van der Waals surface area contributed by atoms with Crippen LogP contribution >= 0.6 is 0 Å². The van der Waals surface area contributed by atoms with E-state index in [0.717, 1.165) is 17.8 Å². The number of nitrogens with one attached hydrogen (secondary N) is 2. The monoisotopic (exact) mass is 312 g/mol. The first-order chi connectivity index (χ1) is 9.92. The zero-order valence-electron chi connectivity index (χ0n) is 11.2. The maximum absolute atomic E-state index is 13.5. The number of benzene rings is 2. The number of halogens is 2. The molecule has 0 atom stereocenters. The Labute approximate surface area is 121 Å². The third-order valence-corrected chi connectivity index (χ3v) is 4.10. The van der Waals surface area contributed by atoms with Gasteiger partial charge in [0.2, 0.25) is 0 Å². The summed E-state index contributed by atoms with van der Waals surface area (Å²) >= 11 is 0. The van der Waals surface area contributed by atoms with Crippen molar-refractivity contribution in [3.63, 3.8) is 0 Å². The summed E-state index contributed by atoms with van der Waals surface area (Å²) < 4.78 is 52.6. The molecule has 0 aliphatic heterocycles. The van der Waals surface area contributed by atoms with Gasteiger partial charge < -0.3 is 5.32 Å². The van der Waals surface area contributed by atoms with Gasteiger partial charge in [0.15, 0.2) is 0 Å². The number of anilines is 2. The molecule has 0 heterocycles. The number of hydrogen-bond donors (Lipinski definition) is 2. The van der Waals surface area contributed by atoms with Crippen LogP contribution in [0.25, 0.3) is 0 Å². The quantitative estimate of drug-likeness (QED) is 0.891. The van der Waals surface area contributed by atoms with E-state index >= 15 is 0 Å². The molecule has 21 heavy (non-hydrogen) atoms. The molecule has 0 bridgehead atoms. The van der Waals surface area contributed by atoms with Gasteiger partial charge in [-0.15, -0.1) is 0 Å². The molecule has 0 saturated heterocycles. The molecule has 7 heteroatoms. The van der Waals surface area contributed by atoms with Gasteiger partial charge in [0, 0.05) is 18.3 Å². The molecule has 0 aliphatic rings. The van der Waals surface area contributed by atoms with Crippen molar-refractivity contribution in [3.8, 4) is 0 Å². The predicted molar refractivity (Wildman–Crippen MR) is 77.8 cm³/mol. The van der Waals surface area contributed by atoms with Gasteiger partial charge >= 0.3 is 0 Å². The Morgan fingerprint density at radius 2 is 1.71 bits per heavy atom. The Morgan fingerprint density at radius 1 is 1.05 bits per heavy atom. The van der Waals surface area contributed by atoms with Crippen LogP contribution in [0.2, 0.25) is 0 Å². The third kappa shape index (κ3) is 3.69. The van der Waals surface area contributed by atoms with Crippen molar-refractivity contribution in [2.24, 2.45) is 0 Å². The maximum atomic E-state index is 13.5. The molecular weight excluding hydrogens is 298 g/mol. The first-order valence-electron chi connectivity index (χ1n) is 6.24. The van der Waals surface area contributed by atoms with Crippen LogP contribution in [-0.4, -0.2) is 15.0 Å². The summed E-state index contributed by atoms with van der Waals surface area (Å²) in [6.45, 7) is 2.63. The van der Waals surface area contributed by atoms with Gasteiger partial charge in [0.1, 0.15) is 11.6 Å². The lowest BCUT2D eigenvalue weighted by molar-refractivity contribution is 0.583. The third-order valence-electron chi connectivity index (χ3n) is 2.72. The molecule has 0 aliphatic carbocycles. The van der Waals surface area contributed by atoms with Gasteiger partial charge in [0.05, 0.1) is 10.6 Å². The van der Waals surface area contributed by atoms with Gasteiger partial charge in [0.25, 0.3) is 10.0 Å². The summed E-state index contributed by atoms with van der Waals surface area (Å²) in [7, 11) is -3.92.